The van der Waals surface area contributed by atoms with Crippen molar-refractivity contribution >= 4 is 5.78 Å². The Morgan fingerprint density at radius 3 is 1.27 bits per heavy atom. The van der Waals surface area contributed by atoms with Crippen LogP contribution in [0.2, 0.25) is 0 Å². The number of ether oxygens (including phenoxy) is 2. The van der Waals surface area contributed by atoms with Gasteiger partial charge in [-0.3, -0.25) is 14.2 Å². The first-order valence-corrected chi connectivity index (χ1v) is 17.0. The molecule has 0 aromatic heterocycles. The van der Waals surface area contributed by atoms with Crippen molar-refractivity contribution in [1.82, 2.24) is 0 Å². The highest BCUT2D eigenvalue weighted by atomic mass is 19.0. The van der Waals surface area contributed by atoms with Crippen LogP contribution in [0.3, 0.4) is 0 Å². The highest BCUT2D eigenvalue weighted by molar-refractivity contribution is 5.83. The Morgan fingerprint density at radius 1 is 0.659 bits per heavy atom. The second-order valence-electron chi connectivity index (χ2n) is 13.7. The lowest BCUT2D eigenvalue weighted by molar-refractivity contribution is -0.338. The smallest absolute Gasteiger partial charge is 0.173 e. The maximum Gasteiger partial charge on any atom is 0.173 e. The summed E-state index contributed by atoms with van der Waals surface area (Å²) in [6.45, 7) is 6.00. The number of rotatable bonds is 6. The molecule has 0 unspecified atom stereocenters. The van der Waals surface area contributed by atoms with Crippen molar-refractivity contribution in [2.24, 2.45) is 35.5 Å². The molecule has 0 amide bonds. The Morgan fingerprint density at radius 2 is 0.976 bits per heavy atom. The van der Waals surface area contributed by atoms with Crippen molar-refractivity contribution < 1.29 is 36.7 Å². The quantitative estimate of drug-likeness (QED) is 0.321. The molecule has 5 nitrogen and oxygen atoms in total. The van der Waals surface area contributed by atoms with E-state index in [4.69, 9.17) is 19.7 Å². The van der Waals surface area contributed by atoms with E-state index < -0.39 is 0 Å². The first-order valence-electron chi connectivity index (χ1n) is 17.0. The van der Waals surface area contributed by atoms with E-state index in [1.165, 1.54) is 128 Å². The number of hydrogen-bond acceptors (Lipinski definition) is 5. The van der Waals surface area contributed by atoms with Gasteiger partial charge in [-0.1, -0.05) is 90.9 Å². The maximum atomic E-state index is 12.2. The number of carbonyl (C=O) groups excluding carboxylic acids is 1. The fourth-order valence-corrected chi connectivity index (χ4v) is 7.61. The summed E-state index contributed by atoms with van der Waals surface area (Å²) in [5.41, 5.74) is 0. The molecular weight excluding hydrogens is 526 g/mol. The van der Waals surface area contributed by atoms with Gasteiger partial charge in [0.1, 0.15) is 5.78 Å². The standard InChI is InChI=1S/C17H30O2.C13H22O.C4H10O2.2FH.2H2/c1-14-12-18-17(19-13-14,15-8-4-2-5-9-15)16-10-6-3-7-11-16;14-13(11-7-3-1-4-8-11)12-9-5-2-6-10-12;1-4(2-5)3-6;;;;/h14-16H,2-13H2,1H3;11-12H,1-10H2;4-6H,2-3H2,1H3;4*1H/i;;;;;2*1+1. The van der Waals surface area contributed by atoms with Crippen LogP contribution >= 0.6 is 0 Å². The molecule has 2 N–H and O–H groups in total. The number of aliphatic hydroxyl groups excluding tert-OH is 2. The van der Waals surface area contributed by atoms with Crippen LogP contribution in [0.25, 0.3) is 0 Å². The Labute approximate surface area is 252 Å². The number of Topliss-reactive ketones (excluding diaryl/α,β-unsaturated/α-hetero) is 1. The summed E-state index contributed by atoms with van der Waals surface area (Å²) in [5.74, 6) is 3.27. The Hall–Kier alpha value is -0.630. The van der Waals surface area contributed by atoms with Gasteiger partial charge >= 0.3 is 0 Å². The van der Waals surface area contributed by atoms with E-state index in [1.54, 1.807) is 6.92 Å². The van der Waals surface area contributed by atoms with Crippen molar-refractivity contribution in [3.63, 3.8) is 0 Å². The highest BCUT2D eigenvalue weighted by Crippen LogP contribution is 2.47. The van der Waals surface area contributed by atoms with Gasteiger partial charge in [0, 0.05) is 51.6 Å². The second-order valence-corrected chi connectivity index (χ2v) is 13.7. The fourth-order valence-electron chi connectivity index (χ4n) is 7.61. The molecule has 1 heterocycles. The van der Waals surface area contributed by atoms with Gasteiger partial charge in [-0.25, -0.2) is 0 Å². The lowest BCUT2D eigenvalue weighted by atomic mass is 9.72. The molecule has 0 bridgehead atoms. The van der Waals surface area contributed by atoms with Crippen molar-refractivity contribution in [2.45, 2.75) is 148 Å². The van der Waals surface area contributed by atoms with Crippen molar-refractivity contribution in [1.29, 1.82) is 0 Å². The summed E-state index contributed by atoms with van der Waals surface area (Å²) in [6.07, 6.45) is 26.3. The average molecular weight is 597 g/mol. The van der Waals surface area contributed by atoms with Gasteiger partial charge in [-0.05, 0) is 51.4 Å². The maximum absolute atomic E-state index is 12.2. The molecule has 1 saturated heterocycles. The molecule has 5 fully saturated rings. The zero-order chi connectivity index (χ0) is 27.9. The number of carbonyl (C=O) groups is 1. The first kappa shape index (κ1) is 38.4. The predicted molar refractivity (Wildman–Crippen MR) is 168 cm³/mol. The van der Waals surface area contributed by atoms with E-state index in [2.05, 4.69) is 6.92 Å². The fraction of sp³-hybridized carbons (Fsp3) is 0.971. The highest BCUT2D eigenvalue weighted by Gasteiger charge is 2.50. The third kappa shape index (κ3) is 12.1. The number of hydrogen-bond donors (Lipinski definition) is 2. The van der Waals surface area contributed by atoms with Gasteiger partial charge in [0.25, 0.3) is 0 Å². The molecule has 0 aromatic rings. The first-order chi connectivity index (χ1) is 19.0. The van der Waals surface area contributed by atoms with Crippen LogP contribution in [0.5, 0.6) is 0 Å². The van der Waals surface area contributed by atoms with Gasteiger partial charge in [0.05, 0.1) is 13.2 Å². The van der Waals surface area contributed by atoms with Crippen molar-refractivity contribution in [3.8, 4) is 0 Å². The Balaban J connectivity index is 0. The molecule has 5 rings (SSSR count). The van der Waals surface area contributed by atoms with Crippen molar-refractivity contribution in [2.75, 3.05) is 26.4 Å². The minimum Gasteiger partial charge on any atom is -0.396 e. The van der Waals surface area contributed by atoms with Gasteiger partial charge in [-0.15, -0.1) is 0 Å². The van der Waals surface area contributed by atoms with E-state index in [9.17, 15) is 4.79 Å². The predicted octanol–water partition coefficient (Wildman–Crippen LogP) is 8.65. The van der Waals surface area contributed by atoms with Gasteiger partial charge in [0.2, 0.25) is 0 Å². The molecule has 4 saturated carbocycles. The molecule has 4 aliphatic carbocycles. The second kappa shape index (κ2) is 21.1. The molecule has 7 heteroatoms. The lowest BCUT2D eigenvalue weighted by Crippen LogP contribution is -2.55. The van der Waals surface area contributed by atoms with Crippen molar-refractivity contribution in [3.05, 3.63) is 0 Å². The normalized spacial score (nSPS) is 25.0. The Kier molecular flexibility index (Phi) is 19.8. The molecule has 1 aliphatic heterocycles. The third-order valence-electron chi connectivity index (χ3n) is 10.2. The van der Waals surface area contributed by atoms with Gasteiger partial charge in [0.15, 0.2) is 5.79 Å². The SMILES string of the molecule is CC(CO)CO.CC1COC(C2CCCCC2)(C2CCCCC2)OC1.F.F.O=C(C1CCCCC1)C1CCCCC1.[2HH].[2HH]. The molecule has 0 radical (unpaired) electrons. The summed E-state index contributed by atoms with van der Waals surface area (Å²) in [4.78, 5) is 12.2. The van der Waals surface area contributed by atoms with E-state index >= 15 is 0 Å². The van der Waals surface area contributed by atoms with Crippen LogP contribution in [-0.4, -0.2) is 48.2 Å². The van der Waals surface area contributed by atoms with E-state index in [1.807, 2.05) is 0 Å². The van der Waals surface area contributed by atoms with E-state index in [0.717, 1.165) is 13.2 Å². The van der Waals surface area contributed by atoms with E-state index in [0.29, 0.717) is 35.4 Å². The summed E-state index contributed by atoms with van der Waals surface area (Å²) in [7, 11) is 0. The molecule has 5 aliphatic rings. The molecule has 248 valence electrons. The van der Waals surface area contributed by atoms with Crippen LogP contribution in [0.1, 0.15) is 145 Å². The summed E-state index contributed by atoms with van der Waals surface area (Å²) >= 11 is 0. The van der Waals surface area contributed by atoms with Gasteiger partial charge in [-0.2, -0.15) is 0 Å². The minimum atomic E-state index is -0.201. The average Bonchev–Trinajstić information content (AvgIpc) is 3.03. The number of aliphatic hydroxyl groups is 2. The van der Waals surface area contributed by atoms with Crippen LogP contribution in [0.15, 0.2) is 0 Å². The monoisotopic (exact) mass is 597 g/mol. The van der Waals surface area contributed by atoms with Crippen LogP contribution < -0.4 is 0 Å². The Bertz CT molecular complexity index is 613. The van der Waals surface area contributed by atoms with Crippen LogP contribution in [-0.2, 0) is 14.3 Å². The molecule has 41 heavy (non-hydrogen) atoms. The summed E-state index contributed by atoms with van der Waals surface area (Å²) < 4.78 is 12.9. The van der Waals surface area contributed by atoms with E-state index in [-0.39, 0.29) is 37.2 Å². The van der Waals surface area contributed by atoms with Crippen LogP contribution in [0, 0.1) is 35.5 Å². The molecular formula is C34H68F2O5. The molecule has 0 atom stereocenters. The molecule has 0 aromatic carbocycles. The largest absolute Gasteiger partial charge is 0.396 e. The van der Waals surface area contributed by atoms with Gasteiger partial charge < -0.3 is 19.7 Å². The minimum absolute atomic E-state index is 0. The van der Waals surface area contributed by atoms with Crippen LogP contribution in [0.4, 0.5) is 9.41 Å². The third-order valence-corrected chi connectivity index (χ3v) is 10.2. The zero-order valence-electron chi connectivity index (χ0n) is 26.4. The summed E-state index contributed by atoms with van der Waals surface area (Å²) in [5, 5.41) is 16.3. The number of halogens is 2. The number of ketones is 1. The molecule has 0 spiro atoms. The summed E-state index contributed by atoms with van der Waals surface area (Å²) in [6, 6.07) is 0. The lowest BCUT2D eigenvalue weighted by Gasteiger charge is -2.51. The topological polar surface area (TPSA) is 76.0 Å². The zero-order valence-corrected chi connectivity index (χ0v) is 26.4.